The molecule has 1 aliphatic heterocycles. The molecule has 0 aliphatic carbocycles. The highest BCUT2D eigenvalue weighted by molar-refractivity contribution is 5.71. The minimum atomic E-state index is -4.57. The number of alkyl halides is 7. The smallest absolute Gasteiger partial charge is 0.416 e. The van der Waals surface area contributed by atoms with Gasteiger partial charge >= 0.3 is 6.18 Å². The van der Waals surface area contributed by atoms with Crippen molar-refractivity contribution in [2.75, 3.05) is 26.5 Å². The highest BCUT2D eigenvalue weighted by Crippen LogP contribution is 2.46. The number of rotatable bonds is 6. The number of ether oxygens (including phenoxy) is 1. The zero-order valence-electron chi connectivity index (χ0n) is 14.9. The number of nitrogens with two attached hydrogens (primary N) is 1. The highest BCUT2D eigenvalue weighted by Gasteiger charge is 2.44. The summed E-state index contributed by atoms with van der Waals surface area (Å²) in [5.41, 5.74) is 2.70. The molecule has 0 fully saturated rings. The Labute approximate surface area is 161 Å². The lowest BCUT2D eigenvalue weighted by molar-refractivity contribution is -0.137. The maximum absolute atomic E-state index is 13.7. The lowest BCUT2D eigenvalue weighted by Gasteiger charge is -2.22. The average molecular weight is 422 g/mol. The van der Waals surface area contributed by atoms with Crippen LogP contribution in [0.25, 0.3) is 11.3 Å². The van der Waals surface area contributed by atoms with E-state index in [9.17, 15) is 30.7 Å². The quantitative estimate of drug-likeness (QED) is 0.690. The molecular weight excluding hydrogens is 405 g/mol. The lowest BCUT2D eigenvalue weighted by atomic mass is 9.83. The second kappa shape index (κ2) is 7.81. The van der Waals surface area contributed by atoms with Gasteiger partial charge in [-0.05, 0) is 18.2 Å². The van der Waals surface area contributed by atoms with E-state index in [0.717, 1.165) is 30.3 Å². The van der Waals surface area contributed by atoms with Crippen molar-refractivity contribution in [1.29, 1.82) is 0 Å². The van der Waals surface area contributed by atoms with Crippen LogP contribution in [0.3, 0.4) is 0 Å². The Balaban J connectivity index is 2.20. The van der Waals surface area contributed by atoms with E-state index in [4.69, 9.17) is 10.5 Å². The Morgan fingerprint density at radius 2 is 1.72 bits per heavy atom. The summed E-state index contributed by atoms with van der Waals surface area (Å²) < 4.78 is 98.0. The molecule has 1 aromatic heterocycles. The molecule has 3 rings (SSSR count). The summed E-state index contributed by atoms with van der Waals surface area (Å²) in [6.45, 7) is -3.15. The van der Waals surface area contributed by atoms with Crippen LogP contribution in [0.4, 0.5) is 30.7 Å². The Kier molecular flexibility index (Phi) is 5.75. The Morgan fingerprint density at radius 1 is 1.10 bits per heavy atom. The predicted molar refractivity (Wildman–Crippen MR) is 91.6 cm³/mol. The summed E-state index contributed by atoms with van der Waals surface area (Å²) in [6.07, 6.45) is -7.46. The van der Waals surface area contributed by atoms with Gasteiger partial charge in [-0.1, -0.05) is 12.1 Å². The molecule has 0 saturated heterocycles. The molecule has 1 unspecified atom stereocenters. The number of nitrogens with zero attached hydrogens (tertiary/aromatic N) is 1. The van der Waals surface area contributed by atoms with E-state index in [1.807, 2.05) is 0 Å². The van der Waals surface area contributed by atoms with Gasteiger partial charge in [0.2, 0.25) is 6.43 Å². The summed E-state index contributed by atoms with van der Waals surface area (Å²) in [5.74, 6) is -1.54. The maximum atomic E-state index is 13.7. The van der Waals surface area contributed by atoms with E-state index < -0.39 is 49.4 Å². The molecule has 0 bridgehead atoms. The second-order valence-electron chi connectivity index (χ2n) is 6.86. The number of hydrogen-bond acceptors (Lipinski definition) is 3. The molecule has 1 aliphatic rings. The molecule has 158 valence electrons. The normalized spacial score (nSPS) is 16.6. The van der Waals surface area contributed by atoms with E-state index in [2.05, 4.69) is 4.98 Å². The molecule has 2 heterocycles. The minimum Gasteiger partial charge on any atom is -0.490 e. The maximum Gasteiger partial charge on any atom is 0.416 e. The molecule has 0 radical (unpaired) electrons. The van der Waals surface area contributed by atoms with Crippen molar-refractivity contribution in [1.82, 2.24) is 4.98 Å². The lowest BCUT2D eigenvalue weighted by Crippen LogP contribution is -2.33. The average Bonchev–Trinajstić information content (AvgIpc) is 3.06. The van der Waals surface area contributed by atoms with Crippen molar-refractivity contribution >= 4 is 0 Å². The van der Waals surface area contributed by atoms with Crippen LogP contribution in [0.5, 0.6) is 5.75 Å². The van der Waals surface area contributed by atoms with Gasteiger partial charge in [0, 0.05) is 17.7 Å². The molecule has 0 spiro atoms. The third-order valence-corrected chi connectivity index (χ3v) is 4.99. The van der Waals surface area contributed by atoms with Crippen LogP contribution in [-0.2, 0) is 11.6 Å². The van der Waals surface area contributed by atoms with Crippen molar-refractivity contribution < 1.29 is 35.5 Å². The fraction of sp³-hybridized carbons (Fsp3) is 0.421. The summed E-state index contributed by atoms with van der Waals surface area (Å²) in [5, 5.41) is 0. The zero-order chi connectivity index (χ0) is 21.4. The van der Waals surface area contributed by atoms with Crippen molar-refractivity contribution in [2.24, 2.45) is 5.73 Å². The van der Waals surface area contributed by atoms with Gasteiger partial charge in [-0.15, -0.1) is 0 Å². The minimum absolute atomic E-state index is 0.0153. The Hall–Kier alpha value is -2.36. The number of benzene rings is 1. The zero-order valence-corrected chi connectivity index (χ0v) is 14.9. The van der Waals surface area contributed by atoms with Gasteiger partial charge in [0.25, 0.3) is 0 Å². The predicted octanol–water partition coefficient (Wildman–Crippen LogP) is 4.64. The van der Waals surface area contributed by atoms with E-state index in [0.29, 0.717) is 0 Å². The van der Waals surface area contributed by atoms with Gasteiger partial charge in [0.05, 0.1) is 22.6 Å². The second-order valence-corrected chi connectivity index (χ2v) is 6.86. The Bertz CT molecular complexity index is 864. The number of halogens is 7. The van der Waals surface area contributed by atoms with E-state index >= 15 is 0 Å². The molecule has 2 aromatic rings. The van der Waals surface area contributed by atoms with Crippen molar-refractivity contribution in [3.63, 3.8) is 0 Å². The highest BCUT2D eigenvalue weighted by atomic mass is 19.4. The number of fused-ring (bicyclic) bond motifs is 1. The Morgan fingerprint density at radius 3 is 2.21 bits per heavy atom. The van der Waals surface area contributed by atoms with E-state index in [-0.39, 0.29) is 34.9 Å². The fourth-order valence-corrected chi connectivity index (χ4v) is 3.19. The first-order valence-corrected chi connectivity index (χ1v) is 8.63. The molecular formula is C19H17F7N2O. The van der Waals surface area contributed by atoms with Crippen LogP contribution in [0.15, 0.2) is 30.3 Å². The topological polar surface area (TPSA) is 48.1 Å². The van der Waals surface area contributed by atoms with Gasteiger partial charge in [-0.3, -0.25) is 0 Å². The third-order valence-electron chi connectivity index (χ3n) is 4.99. The first-order valence-electron chi connectivity index (χ1n) is 8.63. The molecule has 0 saturated carbocycles. The van der Waals surface area contributed by atoms with Crippen LogP contribution in [-0.4, -0.2) is 37.9 Å². The van der Waals surface area contributed by atoms with Gasteiger partial charge < -0.3 is 10.5 Å². The summed E-state index contributed by atoms with van der Waals surface area (Å²) >= 11 is 0. The largest absolute Gasteiger partial charge is 0.490 e. The molecule has 10 heteroatoms. The SMILES string of the molecule is NCC(c1cc2c(c(-c3ccc(C(F)(F)F)cc3)n1)OCC2(CF)CF)C(F)F. The fourth-order valence-electron chi connectivity index (χ4n) is 3.19. The molecule has 2 N–H and O–H groups in total. The molecule has 29 heavy (non-hydrogen) atoms. The van der Waals surface area contributed by atoms with E-state index in [1.165, 1.54) is 0 Å². The van der Waals surface area contributed by atoms with Crippen molar-refractivity contribution in [2.45, 2.75) is 23.9 Å². The number of aromatic nitrogens is 1. The van der Waals surface area contributed by atoms with Crippen LogP contribution in [0.2, 0.25) is 0 Å². The molecule has 1 atom stereocenters. The van der Waals surface area contributed by atoms with Gasteiger partial charge in [-0.25, -0.2) is 22.5 Å². The van der Waals surface area contributed by atoms with Gasteiger partial charge in [-0.2, -0.15) is 13.2 Å². The molecule has 3 nitrogen and oxygen atoms in total. The van der Waals surface area contributed by atoms with Crippen LogP contribution >= 0.6 is 0 Å². The van der Waals surface area contributed by atoms with E-state index in [1.54, 1.807) is 0 Å². The van der Waals surface area contributed by atoms with Crippen LogP contribution in [0, 0.1) is 0 Å². The van der Waals surface area contributed by atoms with Gasteiger partial charge in [0.15, 0.2) is 0 Å². The molecule has 1 aromatic carbocycles. The summed E-state index contributed by atoms with van der Waals surface area (Å²) in [6, 6.07) is 4.96. The van der Waals surface area contributed by atoms with Crippen molar-refractivity contribution in [3.05, 3.63) is 47.2 Å². The number of hydrogen-bond donors (Lipinski definition) is 1. The number of pyridine rings is 1. The van der Waals surface area contributed by atoms with Crippen LogP contribution < -0.4 is 10.5 Å². The first-order chi connectivity index (χ1) is 13.7. The van der Waals surface area contributed by atoms with Gasteiger partial charge in [0.1, 0.15) is 31.4 Å². The first kappa shape index (κ1) is 21.4. The third kappa shape index (κ3) is 3.77. The summed E-state index contributed by atoms with van der Waals surface area (Å²) in [7, 11) is 0. The summed E-state index contributed by atoms with van der Waals surface area (Å²) in [4.78, 5) is 4.12. The van der Waals surface area contributed by atoms with Crippen molar-refractivity contribution in [3.8, 4) is 17.0 Å². The monoisotopic (exact) mass is 422 g/mol. The molecule has 0 amide bonds. The standard InChI is InChI=1S/C19H17F7N2O/c20-7-18(8-21)9-29-16-13(18)5-14(12(6-27)17(22)23)28-15(16)10-1-3-11(4-2-10)19(24,25)26/h1-5,12,17H,6-9,27H2. The van der Waals surface area contributed by atoms with Crippen LogP contribution in [0.1, 0.15) is 22.7 Å².